The van der Waals surface area contributed by atoms with Gasteiger partial charge in [-0.2, -0.15) is 0 Å². The Bertz CT molecular complexity index is 1310. The molecule has 5 rings (SSSR count). The van der Waals surface area contributed by atoms with Crippen molar-refractivity contribution in [2.75, 3.05) is 18.1 Å². The molecule has 1 amide bonds. The average molecular weight is 504 g/mol. The standard InChI is InChI=1S/C27H26BrN3O2/c1-18-7-12-23(15-19(18)2)33-14-13-30-25-6-4-3-5-24(25)29-27(30)20-16-26(32)31(17-20)22-10-8-21(28)9-11-22/h3-12,15,20H,13-14,16-17H2,1-2H3. The Morgan fingerprint density at radius 2 is 1.82 bits per heavy atom. The maximum absolute atomic E-state index is 12.9. The molecule has 1 atom stereocenters. The first-order valence-electron chi connectivity index (χ1n) is 11.2. The molecule has 4 aromatic rings. The zero-order valence-corrected chi connectivity index (χ0v) is 20.4. The van der Waals surface area contributed by atoms with Crippen LogP contribution in [-0.4, -0.2) is 28.6 Å². The molecular weight excluding hydrogens is 478 g/mol. The zero-order chi connectivity index (χ0) is 22.9. The number of nitrogens with zero attached hydrogens (tertiary/aromatic N) is 3. The predicted molar refractivity (Wildman–Crippen MR) is 135 cm³/mol. The summed E-state index contributed by atoms with van der Waals surface area (Å²) in [6.07, 6.45) is 0.456. The number of carbonyl (C=O) groups excluding carboxylic acids is 1. The second-order valence-corrected chi connectivity index (χ2v) is 9.50. The van der Waals surface area contributed by atoms with Gasteiger partial charge < -0.3 is 14.2 Å². The number of imidazole rings is 1. The summed E-state index contributed by atoms with van der Waals surface area (Å²) >= 11 is 3.47. The van der Waals surface area contributed by atoms with E-state index >= 15 is 0 Å². The highest BCUT2D eigenvalue weighted by molar-refractivity contribution is 9.10. The summed E-state index contributed by atoms with van der Waals surface area (Å²) in [4.78, 5) is 19.7. The fraction of sp³-hybridized carbons (Fsp3) is 0.259. The Labute approximate surface area is 202 Å². The van der Waals surface area contributed by atoms with Crippen LogP contribution in [0, 0.1) is 13.8 Å². The van der Waals surface area contributed by atoms with Crippen molar-refractivity contribution in [2.45, 2.75) is 32.7 Å². The fourth-order valence-corrected chi connectivity index (χ4v) is 4.71. The van der Waals surface area contributed by atoms with E-state index in [1.807, 2.05) is 53.4 Å². The van der Waals surface area contributed by atoms with Crippen LogP contribution < -0.4 is 9.64 Å². The maximum Gasteiger partial charge on any atom is 0.227 e. The van der Waals surface area contributed by atoms with Crippen LogP contribution in [0.2, 0.25) is 0 Å². The Kier molecular flexibility index (Phi) is 5.94. The summed E-state index contributed by atoms with van der Waals surface area (Å²) in [5.41, 5.74) is 5.43. The van der Waals surface area contributed by atoms with Crippen molar-refractivity contribution in [1.82, 2.24) is 9.55 Å². The Balaban J connectivity index is 1.39. The molecule has 1 aromatic heterocycles. The maximum atomic E-state index is 12.9. The van der Waals surface area contributed by atoms with Crippen molar-refractivity contribution in [3.8, 4) is 5.75 Å². The summed E-state index contributed by atoms with van der Waals surface area (Å²) in [6.45, 7) is 6.03. The number of benzene rings is 3. The quantitative estimate of drug-likeness (QED) is 0.323. The first-order chi connectivity index (χ1) is 16.0. The summed E-state index contributed by atoms with van der Waals surface area (Å²) in [5.74, 6) is 2.00. The van der Waals surface area contributed by atoms with Crippen LogP contribution in [0.25, 0.3) is 11.0 Å². The van der Waals surface area contributed by atoms with Crippen LogP contribution in [-0.2, 0) is 11.3 Å². The molecule has 0 aliphatic carbocycles. The number of para-hydroxylation sites is 2. The molecule has 0 bridgehead atoms. The van der Waals surface area contributed by atoms with Crippen molar-refractivity contribution in [3.63, 3.8) is 0 Å². The molecule has 0 saturated carbocycles. The van der Waals surface area contributed by atoms with Gasteiger partial charge in [-0.3, -0.25) is 4.79 Å². The lowest BCUT2D eigenvalue weighted by atomic mass is 10.1. The molecular formula is C27H26BrN3O2. The number of carbonyl (C=O) groups is 1. The van der Waals surface area contributed by atoms with Gasteiger partial charge in [-0.05, 0) is 73.5 Å². The topological polar surface area (TPSA) is 47.4 Å². The van der Waals surface area contributed by atoms with Gasteiger partial charge in [0, 0.05) is 29.0 Å². The van der Waals surface area contributed by atoms with Crippen LogP contribution >= 0.6 is 15.9 Å². The number of aryl methyl sites for hydroxylation is 2. The molecule has 0 spiro atoms. The highest BCUT2D eigenvalue weighted by atomic mass is 79.9. The third kappa shape index (κ3) is 4.40. The van der Waals surface area contributed by atoms with E-state index in [1.54, 1.807) is 0 Å². The molecule has 6 heteroatoms. The lowest BCUT2D eigenvalue weighted by Gasteiger charge is -2.18. The second-order valence-electron chi connectivity index (χ2n) is 8.59. The highest BCUT2D eigenvalue weighted by Crippen LogP contribution is 2.33. The fourth-order valence-electron chi connectivity index (χ4n) is 4.45. The highest BCUT2D eigenvalue weighted by Gasteiger charge is 2.34. The third-order valence-electron chi connectivity index (χ3n) is 6.37. The largest absolute Gasteiger partial charge is 0.492 e. The van der Waals surface area contributed by atoms with Crippen LogP contribution in [0.15, 0.2) is 71.2 Å². The van der Waals surface area contributed by atoms with Crippen molar-refractivity contribution in [3.05, 3.63) is 88.2 Å². The van der Waals surface area contributed by atoms with E-state index in [0.717, 1.165) is 32.8 Å². The molecule has 1 unspecified atom stereocenters. The van der Waals surface area contributed by atoms with Crippen molar-refractivity contribution in [2.24, 2.45) is 0 Å². The molecule has 1 aliphatic rings. The van der Waals surface area contributed by atoms with Crippen molar-refractivity contribution < 1.29 is 9.53 Å². The van der Waals surface area contributed by atoms with Crippen LogP contribution in [0.4, 0.5) is 5.69 Å². The van der Waals surface area contributed by atoms with Gasteiger partial charge in [-0.15, -0.1) is 0 Å². The smallest absolute Gasteiger partial charge is 0.227 e. The van der Waals surface area contributed by atoms with E-state index in [-0.39, 0.29) is 11.8 Å². The number of aromatic nitrogens is 2. The van der Waals surface area contributed by atoms with Crippen molar-refractivity contribution >= 4 is 38.6 Å². The molecule has 5 nitrogen and oxygen atoms in total. The summed E-state index contributed by atoms with van der Waals surface area (Å²) in [7, 11) is 0. The lowest BCUT2D eigenvalue weighted by molar-refractivity contribution is -0.117. The van der Waals surface area contributed by atoms with Crippen molar-refractivity contribution in [1.29, 1.82) is 0 Å². The minimum atomic E-state index is 0.0372. The first kappa shape index (κ1) is 21.7. The number of fused-ring (bicyclic) bond motifs is 1. The van der Waals surface area contributed by atoms with Gasteiger partial charge in [0.05, 0.1) is 17.6 Å². The number of hydrogen-bond donors (Lipinski definition) is 0. The minimum Gasteiger partial charge on any atom is -0.492 e. The average Bonchev–Trinajstić information content (AvgIpc) is 3.37. The third-order valence-corrected chi connectivity index (χ3v) is 6.90. The summed E-state index contributed by atoms with van der Waals surface area (Å²) < 4.78 is 9.30. The molecule has 1 fully saturated rings. The van der Waals surface area contributed by atoms with Crippen LogP contribution in [0.1, 0.15) is 29.3 Å². The number of halogens is 1. The number of ether oxygens (including phenoxy) is 1. The normalized spacial score (nSPS) is 16.0. The van der Waals surface area contributed by atoms with Gasteiger partial charge in [-0.25, -0.2) is 4.98 Å². The van der Waals surface area contributed by atoms with E-state index in [0.29, 0.717) is 26.1 Å². The van der Waals surface area contributed by atoms with Gasteiger partial charge in [0.25, 0.3) is 0 Å². The van der Waals surface area contributed by atoms with E-state index in [1.165, 1.54) is 11.1 Å². The number of hydrogen-bond acceptors (Lipinski definition) is 3. The van der Waals surface area contributed by atoms with Crippen LogP contribution in [0.3, 0.4) is 0 Å². The first-order valence-corrected chi connectivity index (χ1v) is 12.0. The number of amides is 1. The molecule has 0 N–H and O–H groups in total. The zero-order valence-electron chi connectivity index (χ0n) is 18.8. The molecule has 33 heavy (non-hydrogen) atoms. The van der Waals surface area contributed by atoms with E-state index in [4.69, 9.17) is 9.72 Å². The van der Waals surface area contributed by atoms with Gasteiger partial charge in [-0.1, -0.05) is 34.1 Å². The van der Waals surface area contributed by atoms with Gasteiger partial charge >= 0.3 is 0 Å². The minimum absolute atomic E-state index is 0.0372. The lowest BCUT2D eigenvalue weighted by Crippen LogP contribution is -2.24. The summed E-state index contributed by atoms with van der Waals surface area (Å²) in [5, 5.41) is 0. The SMILES string of the molecule is Cc1ccc(OCCn2c(C3CC(=O)N(c4ccc(Br)cc4)C3)nc3ccccc32)cc1C. The number of anilines is 1. The van der Waals surface area contributed by atoms with E-state index in [2.05, 4.69) is 52.5 Å². The second kappa shape index (κ2) is 9.02. The molecule has 1 saturated heterocycles. The van der Waals surface area contributed by atoms with E-state index in [9.17, 15) is 4.79 Å². The molecule has 168 valence electrons. The van der Waals surface area contributed by atoms with Crippen LogP contribution in [0.5, 0.6) is 5.75 Å². The predicted octanol–water partition coefficient (Wildman–Crippen LogP) is 6.02. The molecule has 0 radical (unpaired) electrons. The molecule has 2 heterocycles. The summed E-state index contributed by atoms with van der Waals surface area (Å²) in [6, 6.07) is 22.2. The molecule has 3 aromatic carbocycles. The number of rotatable bonds is 6. The Hall–Kier alpha value is -3.12. The monoisotopic (exact) mass is 503 g/mol. The molecule has 1 aliphatic heterocycles. The van der Waals surface area contributed by atoms with Gasteiger partial charge in [0.2, 0.25) is 5.91 Å². The Morgan fingerprint density at radius 3 is 2.61 bits per heavy atom. The van der Waals surface area contributed by atoms with Gasteiger partial charge in [0.15, 0.2) is 0 Å². The van der Waals surface area contributed by atoms with E-state index < -0.39 is 0 Å². The van der Waals surface area contributed by atoms with Gasteiger partial charge in [0.1, 0.15) is 18.2 Å². The Morgan fingerprint density at radius 1 is 1.03 bits per heavy atom.